The first kappa shape index (κ1) is 11.4. The average molecular weight is 208 g/mol. The van der Waals surface area contributed by atoms with Crippen molar-refractivity contribution in [3.05, 3.63) is 6.42 Å². The van der Waals surface area contributed by atoms with Crippen LogP contribution in [0.1, 0.15) is 59.8 Å². The van der Waals surface area contributed by atoms with Crippen molar-refractivity contribution in [3.63, 3.8) is 0 Å². The molecule has 1 nitrogen and oxygen atoms in total. The molecular formula is C14H26N. The molecule has 87 valence electrons. The van der Waals surface area contributed by atoms with E-state index in [0.29, 0.717) is 11.0 Å². The monoisotopic (exact) mass is 208 g/mol. The molecule has 0 bridgehead atoms. The fraction of sp³-hybridized carbons (Fsp3) is 0.929. The van der Waals surface area contributed by atoms with Gasteiger partial charge in [-0.2, -0.15) is 0 Å². The Labute approximate surface area is 95.0 Å². The number of rotatable bonds is 0. The van der Waals surface area contributed by atoms with Crippen LogP contribution in [0, 0.1) is 17.8 Å². The second-order valence-electron chi connectivity index (χ2n) is 6.83. The van der Waals surface area contributed by atoms with E-state index in [-0.39, 0.29) is 0 Å². The third-order valence-corrected chi connectivity index (χ3v) is 4.56. The van der Waals surface area contributed by atoms with Gasteiger partial charge in [-0.3, -0.25) is 0 Å². The van der Waals surface area contributed by atoms with Crippen LogP contribution < -0.4 is 5.32 Å². The Morgan fingerprint density at radius 2 is 1.87 bits per heavy atom. The summed E-state index contributed by atoms with van der Waals surface area (Å²) in [6.07, 6.45) is 9.15. The van der Waals surface area contributed by atoms with Crippen LogP contribution in [-0.4, -0.2) is 11.6 Å². The minimum atomic E-state index is 0.335. The van der Waals surface area contributed by atoms with Gasteiger partial charge in [-0.1, -0.05) is 13.8 Å². The summed E-state index contributed by atoms with van der Waals surface area (Å²) in [7, 11) is 0. The Morgan fingerprint density at radius 1 is 1.13 bits per heavy atom. The van der Waals surface area contributed by atoms with Crippen LogP contribution in [0.5, 0.6) is 0 Å². The summed E-state index contributed by atoms with van der Waals surface area (Å²) in [5.41, 5.74) is 0.863. The fourth-order valence-corrected chi connectivity index (χ4v) is 3.45. The van der Waals surface area contributed by atoms with Crippen LogP contribution in [0.15, 0.2) is 0 Å². The molecule has 1 aliphatic heterocycles. The van der Waals surface area contributed by atoms with E-state index in [9.17, 15) is 0 Å². The predicted octanol–water partition coefficient (Wildman–Crippen LogP) is 3.55. The molecule has 1 heteroatoms. The number of fused-ring (bicyclic) bond motifs is 1. The second-order valence-corrected chi connectivity index (χ2v) is 6.83. The Bertz CT molecular complexity index is 229. The molecular weight excluding hydrogens is 182 g/mol. The minimum absolute atomic E-state index is 0.335. The van der Waals surface area contributed by atoms with Gasteiger partial charge in [0.1, 0.15) is 0 Å². The minimum Gasteiger partial charge on any atom is -0.309 e. The highest BCUT2D eigenvalue weighted by atomic mass is 15.0. The van der Waals surface area contributed by atoms with E-state index < -0.39 is 0 Å². The topological polar surface area (TPSA) is 12.0 Å². The van der Waals surface area contributed by atoms with Crippen molar-refractivity contribution in [3.8, 4) is 0 Å². The molecule has 1 aliphatic carbocycles. The van der Waals surface area contributed by atoms with Gasteiger partial charge in [-0.05, 0) is 63.7 Å². The molecule has 0 aromatic heterocycles. The van der Waals surface area contributed by atoms with Gasteiger partial charge in [0.2, 0.25) is 0 Å². The SMILES string of the molecule is CC1(C)CCC(C)(C)C2CC[CH]CC2N1. The van der Waals surface area contributed by atoms with E-state index in [1.165, 1.54) is 32.1 Å². The summed E-state index contributed by atoms with van der Waals surface area (Å²) < 4.78 is 0. The van der Waals surface area contributed by atoms with Gasteiger partial charge < -0.3 is 5.32 Å². The van der Waals surface area contributed by atoms with Crippen LogP contribution in [0.4, 0.5) is 0 Å². The second kappa shape index (κ2) is 3.76. The summed E-state index contributed by atoms with van der Waals surface area (Å²) in [6.45, 7) is 9.66. The van der Waals surface area contributed by atoms with Crippen molar-refractivity contribution in [2.45, 2.75) is 71.4 Å². The molecule has 1 saturated heterocycles. The summed E-state index contributed by atoms with van der Waals surface area (Å²) in [5.74, 6) is 0.879. The third kappa shape index (κ3) is 2.38. The smallest absolute Gasteiger partial charge is 0.0128 e. The number of hydrogen-bond donors (Lipinski definition) is 1. The lowest BCUT2D eigenvalue weighted by molar-refractivity contribution is 0.138. The largest absolute Gasteiger partial charge is 0.309 e. The van der Waals surface area contributed by atoms with E-state index in [1.807, 2.05) is 0 Å². The third-order valence-electron chi connectivity index (χ3n) is 4.56. The van der Waals surface area contributed by atoms with Crippen LogP contribution >= 0.6 is 0 Å². The van der Waals surface area contributed by atoms with Crippen molar-refractivity contribution < 1.29 is 0 Å². The molecule has 1 saturated carbocycles. The van der Waals surface area contributed by atoms with Gasteiger partial charge in [-0.15, -0.1) is 0 Å². The van der Waals surface area contributed by atoms with Crippen LogP contribution in [-0.2, 0) is 0 Å². The van der Waals surface area contributed by atoms with E-state index in [1.54, 1.807) is 0 Å². The molecule has 2 unspecified atom stereocenters. The zero-order valence-corrected chi connectivity index (χ0v) is 10.8. The van der Waals surface area contributed by atoms with Crippen LogP contribution in [0.2, 0.25) is 0 Å². The zero-order valence-electron chi connectivity index (χ0n) is 10.8. The van der Waals surface area contributed by atoms with Crippen molar-refractivity contribution in [2.24, 2.45) is 11.3 Å². The molecule has 2 atom stereocenters. The first-order valence-electron chi connectivity index (χ1n) is 6.50. The summed E-state index contributed by atoms with van der Waals surface area (Å²) in [5, 5.41) is 3.88. The van der Waals surface area contributed by atoms with Gasteiger partial charge in [0.25, 0.3) is 0 Å². The first-order chi connectivity index (χ1) is 6.91. The first-order valence-corrected chi connectivity index (χ1v) is 6.50. The highest BCUT2D eigenvalue weighted by molar-refractivity contribution is 5.01. The predicted molar refractivity (Wildman–Crippen MR) is 65.7 cm³/mol. The quantitative estimate of drug-likeness (QED) is 0.642. The highest BCUT2D eigenvalue weighted by Gasteiger charge is 2.42. The van der Waals surface area contributed by atoms with Crippen LogP contribution in [0.3, 0.4) is 0 Å². The molecule has 2 rings (SSSR count). The lowest BCUT2D eigenvalue weighted by atomic mass is 9.67. The lowest BCUT2D eigenvalue weighted by Gasteiger charge is -2.41. The average Bonchev–Trinajstić information content (AvgIpc) is 2.23. The highest BCUT2D eigenvalue weighted by Crippen LogP contribution is 2.45. The molecule has 15 heavy (non-hydrogen) atoms. The number of nitrogens with one attached hydrogen (secondary N) is 1. The Balaban J connectivity index is 2.20. The molecule has 2 fully saturated rings. The van der Waals surface area contributed by atoms with E-state index in [2.05, 4.69) is 39.4 Å². The lowest BCUT2D eigenvalue weighted by Crippen LogP contribution is -2.49. The van der Waals surface area contributed by atoms with Crippen LogP contribution in [0.25, 0.3) is 0 Å². The zero-order chi connectivity index (χ0) is 11.1. The van der Waals surface area contributed by atoms with Crippen molar-refractivity contribution in [1.29, 1.82) is 0 Å². The Morgan fingerprint density at radius 3 is 2.60 bits per heavy atom. The van der Waals surface area contributed by atoms with Crippen molar-refractivity contribution in [1.82, 2.24) is 5.32 Å². The molecule has 0 spiro atoms. The molecule has 1 radical (unpaired) electrons. The summed E-state index contributed by atoms with van der Waals surface area (Å²) >= 11 is 0. The molecule has 2 aliphatic rings. The molecule has 0 aromatic carbocycles. The van der Waals surface area contributed by atoms with Gasteiger partial charge in [0.05, 0.1) is 0 Å². The van der Waals surface area contributed by atoms with E-state index in [4.69, 9.17) is 0 Å². The summed E-state index contributed by atoms with van der Waals surface area (Å²) in [6, 6.07) is 0.728. The molecule has 1 heterocycles. The van der Waals surface area contributed by atoms with E-state index >= 15 is 0 Å². The fourth-order valence-electron chi connectivity index (χ4n) is 3.45. The molecule has 0 amide bonds. The van der Waals surface area contributed by atoms with Gasteiger partial charge >= 0.3 is 0 Å². The Kier molecular flexibility index (Phi) is 2.87. The maximum absolute atomic E-state index is 3.88. The molecule has 0 aromatic rings. The van der Waals surface area contributed by atoms with Gasteiger partial charge in [-0.25, -0.2) is 0 Å². The van der Waals surface area contributed by atoms with Gasteiger partial charge in [0.15, 0.2) is 0 Å². The maximum atomic E-state index is 3.88. The van der Waals surface area contributed by atoms with E-state index in [0.717, 1.165) is 12.0 Å². The molecule has 1 N–H and O–H groups in total. The van der Waals surface area contributed by atoms with Gasteiger partial charge in [0, 0.05) is 11.6 Å². The van der Waals surface area contributed by atoms with Crippen molar-refractivity contribution in [2.75, 3.05) is 0 Å². The van der Waals surface area contributed by atoms with Crippen molar-refractivity contribution >= 4 is 0 Å². The normalized spacial score (nSPS) is 39.2. The number of hydrogen-bond acceptors (Lipinski definition) is 1. The maximum Gasteiger partial charge on any atom is 0.0128 e. The standard InChI is InChI=1S/C14H26N/c1-13(2)9-10-14(3,4)15-12-8-6-5-7-11(12)13/h6,11-12,15H,5,7-10H2,1-4H3. The Hall–Kier alpha value is -0.0400. The summed E-state index contributed by atoms with van der Waals surface area (Å²) in [4.78, 5) is 0.